The fourth-order valence-corrected chi connectivity index (χ4v) is 2.36. The second kappa shape index (κ2) is 5.71. The van der Waals surface area contributed by atoms with E-state index in [2.05, 4.69) is 5.32 Å². The van der Waals surface area contributed by atoms with Gasteiger partial charge in [0.1, 0.15) is 5.38 Å². The lowest BCUT2D eigenvalue weighted by molar-refractivity contribution is -0.119. The highest BCUT2D eigenvalue weighted by Gasteiger charge is 2.33. The van der Waals surface area contributed by atoms with Gasteiger partial charge in [0.05, 0.1) is 6.54 Å². The Balaban J connectivity index is 1.97. The minimum absolute atomic E-state index is 0.255. The van der Waals surface area contributed by atoms with E-state index in [4.69, 9.17) is 11.6 Å². The van der Waals surface area contributed by atoms with Crippen LogP contribution in [0.15, 0.2) is 17.5 Å². The van der Waals surface area contributed by atoms with E-state index in [1.165, 1.54) is 0 Å². The quantitative estimate of drug-likeness (QED) is 0.865. The van der Waals surface area contributed by atoms with Crippen molar-refractivity contribution in [3.63, 3.8) is 0 Å². The molecule has 0 aliphatic heterocycles. The van der Waals surface area contributed by atoms with Crippen molar-refractivity contribution in [1.82, 2.24) is 10.2 Å². The molecule has 1 heterocycles. The second-order valence-electron chi connectivity index (χ2n) is 4.35. The molecule has 1 unspecified atom stereocenters. The van der Waals surface area contributed by atoms with Gasteiger partial charge in [-0.3, -0.25) is 10.1 Å². The summed E-state index contributed by atoms with van der Waals surface area (Å²) in [7, 11) is 0. The van der Waals surface area contributed by atoms with E-state index in [0.29, 0.717) is 6.54 Å². The number of halogens is 1. The lowest BCUT2D eigenvalue weighted by Gasteiger charge is -2.22. The highest BCUT2D eigenvalue weighted by atomic mass is 35.5. The first-order valence-corrected chi connectivity index (χ1v) is 7.17. The molecule has 1 N–H and O–H groups in total. The van der Waals surface area contributed by atoms with Gasteiger partial charge >= 0.3 is 6.03 Å². The zero-order valence-electron chi connectivity index (χ0n) is 10.1. The van der Waals surface area contributed by atoms with Crippen molar-refractivity contribution >= 4 is 34.9 Å². The average molecular weight is 287 g/mol. The molecule has 0 spiro atoms. The van der Waals surface area contributed by atoms with Gasteiger partial charge in [-0.1, -0.05) is 6.07 Å². The Kier molecular flexibility index (Phi) is 4.24. The van der Waals surface area contributed by atoms with E-state index in [0.717, 1.165) is 17.7 Å². The number of nitrogens with zero attached hydrogens (tertiary/aromatic N) is 1. The van der Waals surface area contributed by atoms with E-state index < -0.39 is 11.3 Å². The fraction of sp³-hybridized carbons (Fsp3) is 0.500. The third-order valence-electron chi connectivity index (χ3n) is 2.75. The summed E-state index contributed by atoms with van der Waals surface area (Å²) < 4.78 is 0. The largest absolute Gasteiger partial charge is 0.324 e. The summed E-state index contributed by atoms with van der Waals surface area (Å²) in [6, 6.07) is 3.85. The number of hydrogen-bond acceptors (Lipinski definition) is 3. The molecule has 0 bridgehead atoms. The van der Waals surface area contributed by atoms with Gasteiger partial charge in [0.2, 0.25) is 5.91 Å². The average Bonchev–Trinajstić information content (AvgIpc) is 3.03. The Bertz CT molecular complexity index is 429. The Morgan fingerprint density at radius 3 is 2.83 bits per heavy atom. The molecular weight excluding hydrogens is 272 g/mol. The maximum absolute atomic E-state index is 12.0. The van der Waals surface area contributed by atoms with Gasteiger partial charge in [-0.05, 0) is 31.2 Å². The Hall–Kier alpha value is -1.07. The zero-order valence-corrected chi connectivity index (χ0v) is 11.6. The lowest BCUT2D eigenvalue weighted by atomic mass is 10.4. The van der Waals surface area contributed by atoms with Crippen LogP contribution in [0, 0.1) is 0 Å². The van der Waals surface area contributed by atoms with Crippen molar-refractivity contribution in [2.75, 3.05) is 0 Å². The molecule has 1 aliphatic rings. The third kappa shape index (κ3) is 3.46. The summed E-state index contributed by atoms with van der Waals surface area (Å²) in [4.78, 5) is 26.2. The third-order valence-corrected chi connectivity index (χ3v) is 3.81. The van der Waals surface area contributed by atoms with Crippen molar-refractivity contribution in [3.8, 4) is 0 Å². The molecule has 0 aromatic carbocycles. The van der Waals surface area contributed by atoms with Crippen LogP contribution in [0.1, 0.15) is 24.6 Å². The summed E-state index contributed by atoms with van der Waals surface area (Å²) in [5.74, 6) is -0.446. The van der Waals surface area contributed by atoms with Gasteiger partial charge in [-0.2, -0.15) is 0 Å². The van der Waals surface area contributed by atoms with Crippen LogP contribution in [0.5, 0.6) is 0 Å². The number of thiophene rings is 1. The molecule has 1 aromatic heterocycles. The molecule has 18 heavy (non-hydrogen) atoms. The maximum Gasteiger partial charge on any atom is 0.324 e. The number of carbonyl (C=O) groups excluding carboxylic acids is 2. The molecule has 1 saturated carbocycles. The normalized spacial score (nSPS) is 16.1. The molecule has 98 valence electrons. The van der Waals surface area contributed by atoms with E-state index in [1.54, 1.807) is 23.2 Å². The molecule has 4 nitrogen and oxygen atoms in total. The van der Waals surface area contributed by atoms with Gasteiger partial charge in [0, 0.05) is 10.9 Å². The van der Waals surface area contributed by atoms with Crippen LogP contribution >= 0.6 is 22.9 Å². The van der Waals surface area contributed by atoms with Gasteiger partial charge in [-0.15, -0.1) is 22.9 Å². The standard InChI is InChI=1S/C12H15ClN2O2S/c1-8(13)11(16)14-12(17)15(9-4-5-9)7-10-3-2-6-18-10/h2-3,6,8-9H,4-5,7H2,1H3,(H,14,16,17). The van der Waals surface area contributed by atoms with Crippen molar-refractivity contribution in [2.45, 2.75) is 37.7 Å². The highest BCUT2D eigenvalue weighted by molar-refractivity contribution is 7.09. The molecule has 0 saturated heterocycles. The van der Waals surface area contributed by atoms with Crippen molar-refractivity contribution in [1.29, 1.82) is 0 Å². The monoisotopic (exact) mass is 286 g/mol. The summed E-state index contributed by atoms with van der Waals surface area (Å²) in [5.41, 5.74) is 0. The van der Waals surface area contributed by atoms with Crippen LogP contribution in [0.2, 0.25) is 0 Å². The van der Waals surface area contributed by atoms with E-state index in [1.807, 2.05) is 17.5 Å². The lowest BCUT2D eigenvalue weighted by Crippen LogP contribution is -2.45. The number of carbonyl (C=O) groups is 2. The Morgan fingerprint density at radius 2 is 2.33 bits per heavy atom. The number of amides is 3. The maximum atomic E-state index is 12.0. The Labute approximate surface area is 115 Å². The highest BCUT2D eigenvalue weighted by Crippen LogP contribution is 2.29. The van der Waals surface area contributed by atoms with Crippen LogP contribution in [-0.4, -0.2) is 28.3 Å². The molecule has 6 heteroatoms. The van der Waals surface area contributed by atoms with Crippen molar-refractivity contribution < 1.29 is 9.59 Å². The second-order valence-corrected chi connectivity index (χ2v) is 6.04. The number of nitrogens with one attached hydrogen (secondary N) is 1. The summed E-state index contributed by atoms with van der Waals surface area (Å²) in [6.07, 6.45) is 2.01. The number of alkyl halides is 1. The minimum Gasteiger partial charge on any atom is -0.316 e. The zero-order chi connectivity index (χ0) is 13.1. The fourth-order valence-electron chi connectivity index (χ4n) is 1.60. The van der Waals surface area contributed by atoms with E-state index >= 15 is 0 Å². The molecular formula is C12H15ClN2O2S. The molecule has 2 rings (SSSR count). The summed E-state index contributed by atoms with van der Waals surface area (Å²) in [5, 5.41) is 3.61. The number of urea groups is 1. The number of imide groups is 1. The topological polar surface area (TPSA) is 49.4 Å². The van der Waals surface area contributed by atoms with Crippen LogP contribution in [0.3, 0.4) is 0 Å². The summed E-state index contributed by atoms with van der Waals surface area (Å²) in [6.45, 7) is 2.10. The first kappa shape index (κ1) is 13.4. The SMILES string of the molecule is CC(Cl)C(=O)NC(=O)N(Cc1cccs1)C1CC1. The predicted octanol–water partition coefficient (Wildman–Crippen LogP) is 2.58. The number of rotatable bonds is 4. The van der Waals surface area contributed by atoms with Crippen molar-refractivity contribution in [2.24, 2.45) is 0 Å². The van der Waals surface area contributed by atoms with Gasteiger partial charge in [0.15, 0.2) is 0 Å². The predicted molar refractivity (Wildman–Crippen MR) is 71.7 cm³/mol. The minimum atomic E-state index is -0.697. The molecule has 1 atom stereocenters. The van der Waals surface area contributed by atoms with Crippen LogP contribution in [-0.2, 0) is 11.3 Å². The smallest absolute Gasteiger partial charge is 0.316 e. The molecule has 0 radical (unpaired) electrons. The molecule has 3 amide bonds. The van der Waals surface area contributed by atoms with E-state index in [-0.39, 0.29) is 12.1 Å². The first-order chi connectivity index (χ1) is 8.58. The van der Waals surface area contributed by atoms with Crippen molar-refractivity contribution in [3.05, 3.63) is 22.4 Å². The molecule has 1 aromatic rings. The molecule has 1 aliphatic carbocycles. The van der Waals surface area contributed by atoms with E-state index in [9.17, 15) is 9.59 Å². The van der Waals surface area contributed by atoms with Crippen LogP contribution in [0.4, 0.5) is 4.79 Å². The first-order valence-electron chi connectivity index (χ1n) is 5.86. The molecule has 1 fully saturated rings. The summed E-state index contributed by atoms with van der Waals surface area (Å²) >= 11 is 7.24. The van der Waals surface area contributed by atoms with Gasteiger partial charge in [-0.25, -0.2) is 4.79 Å². The van der Waals surface area contributed by atoms with Gasteiger partial charge < -0.3 is 4.90 Å². The Morgan fingerprint density at radius 1 is 1.61 bits per heavy atom. The van der Waals surface area contributed by atoms with Crippen LogP contribution < -0.4 is 5.32 Å². The number of hydrogen-bond donors (Lipinski definition) is 1. The van der Waals surface area contributed by atoms with Gasteiger partial charge in [0.25, 0.3) is 0 Å². The van der Waals surface area contributed by atoms with Crippen LogP contribution in [0.25, 0.3) is 0 Å².